The Morgan fingerprint density at radius 1 is 1.41 bits per heavy atom. The molecule has 0 spiro atoms. The fourth-order valence-corrected chi connectivity index (χ4v) is 4.83. The van der Waals surface area contributed by atoms with Gasteiger partial charge in [0.15, 0.2) is 0 Å². The van der Waals surface area contributed by atoms with Gasteiger partial charge in [-0.3, -0.25) is 4.90 Å². The van der Waals surface area contributed by atoms with Gasteiger partial charge in [-0.2, -0.15) is 0 Å². The van der Waals surface area contributed by atoms with Gasteiger partial charge in [-0.25, -0.2) is 0 Å². The number of hydrogen-bond acceptors (Lipinski definition) is 5. The highest BCUT2D eigenvalue weighted by molar-refractivity contribution is 7.96. The Hall–Kier alpha value is -0.830. The summed E-state index contributed by atoms with van der Waals surface area (Å²) in [6.45, 7) is 2.08. The van der Waals surface area contributed by atoms with Crippen molar-refractivity contribution in [3.63, 3.8) is 0 Å². The Kier molecular flexibility index (Phi) is 4.91. The van der Waals surface area contributed by atoms with Crippen molar-refractivity contribution >= 4 is 10.4 Å². The standard InChI is InChI=1S/C15H22N2O4S/c18-13-6-7-17(8-13)15-11-22(19,20)16-14(15)10-21-9-12-4-2-1-3-5-12/h1-5,13-15,18H,6-11H2,(H-,16,19,20)/t13-,14+,15+/m1/s1. The minimum Gasteiger partial charge on any atom is -0.598 e. The quantitative estimate of drug-likeness (QED) is 0.753. The third-order valence-corrected chi connectivity index (χ3v) is 5.70. The van der Waals surface area contributed by atoms with Crippen molar-refractivity contribution in [1.82, 2.24) is 9.62 Å². The van der Waals surface area contributed by atoms with E-state index in [1.807, 2.05) is 30.3 Å². The third kappa shape index (κ3) is 3.92. The van der Waals surface area contributed by atoms with Gasteiger partial charge in [-0.05, 0) is 12.0 Å². The van der Waals surface area contributed by atoms with Gasteiger partial charge < -0.3 is 14.4 Å². The molecule has 0 aliphatic carbocycles. The van der Waals surface area contributed by atoms with Crippen LogP contribution in [0.2, 0.25) is 0 Å². The molecule has 2 fully saturated rings. The van der Waals surface area contributed by atoms with E-state index in [1.54, 1.807) is 0 Å². The summed E-state index contributed by atoms with van der Waals surface area (Å²) >= 11 is 0. The monoisotopic (exact) mass is 326 g/mol. The van der Waals surface area contributed by atoms with Crippen LogP contribution in [0.15, 0.2) is 30.3 Å². The highest BCUT2D eigenvalue weighted by Crippen LogP contribution is 2.23. The second-order valence-electron chi connectivity index (χ2n) is 6.01. The Morgan fingerprint density at radius 3 is 2.86 bits per heavy atom. The fraction of sp³-hybridized carbons (Fsp3) is 0.600. The predicted molar refractivity (Wildman–Crippen MR) is 82.7 cm³/mol. The van der Waals surface area contributed by atoms with E-state index in [0.717, 1.165) is 12.1 Å². The molecule has 1 aromatic carbocycles. The summed E-state index contributed by atoms with van der Waals surface area (Å²) in [6.07, 6.45) is 0.350. The molecular weight excluding hydrogens is 304 g/mol. The van der Waals surface area contributed by atoms with E-state index in [-0.39, 0.29) is 23.9 Å². The normalized spacial score (nSPS) is 36.0. The molecule has 0 saturated carbocycles. The Bertz CT molecular complexity index is 542. The number of nitrogens with one attached hydrogen (secondary N) is 1. The van der Waals surface area contributed by atoms with E-state index in [4.69, 9.17) is 4.74 Å². The summed E-state index contributed by atoms with van der Waals surface area (Å²) < 4.78 is 32.1. The lowest BCUT2D eigenvalue weighted by molar-refractivity contribution is 0.0774. The summed E-state index contributed by atoms with van der Waals surface area (Å²) in [5.41, 5.74) is 1.07. The number of aliphatic hydroxyl groups excluding tert-OH is 1. The van der Waals surface area contributed by atoms with Gasteiger partial charge in [0.2, 0.25) is 0 Å². The molecule has 6 nitrogen and oxygen atoms in total. The molecule has 3 rings (SSSR count). The van der Waals surface area contributed by atoms with Crippen molar-refractivity contribution in [2.75, 3.05) is 25.4 Å². The minimum absolute atomic E-state index is 0.0824. The van der Waals surface area contributed by atoms with E-state index >= 15 is 0 Å². The molecule has 4 atom stereocenters. The van der Waals surface area contributed by atoms with E-state index in [9.17, 15) is 13.9 Å². The summed E-state index contributed by atoms with van der Waals surface area (Å²) in [5.74, 6) is 0.0824. The summed E-state index contributed by atoms with van der Waals surface area (Å²) in [7, 11) is -3.25. The van der Waals surface area contributed by atoms with E-state index in [2.05, 4.69) is 9.62 Å². The van der Waals surface area contributed by atoms with Gasteiger partial charge in [0.05, 0.1) is 31.4 Å². The first-order valence-electron chi connectivity index (χ1n) is 7.57. The van der Waals surface area contributed by atoms with Crippen LogP contribution in [0, 0.1) is 0 Å². The van der Waals surface area contributed by atoms with Crippen molar-refractivity contribution in [3.05, 3.63) is 35.9 Å². The number of benzene rings is 1. The highest BCUT2D eigenvalue weighted by Gasteiger charge is 2.45. The average molecular weight is 326 g/mol. The van der Waals surface area contributed by atoms with E-state index in [0.29, 0.717) is 26.2 Å². The molecule has 0 amide bonds. The Morgan fingerprint density at radius 2 is 2.18 bits per heavy atom. The van der Waals surface area contributed by atoms with Crippen LogP contribution in [0.25, 0.3) is 0 Å². The molecule has 2 aliphatic heterocycles. The van der Waals surface area contributed by atoms with Crippen LogP contribution in [0.4, 0.5) is 0 Å². The maximum atomic E-state index is 11.9. The molecule has 0 aromatic heterocycles. The molecule has 0 bridgehead atoms. The second kappa shape index (κ2) is 6.74. The number of rotatable bonds is 5. The molecule has 0 radical (unpaired) electrons. The Balaban J connectivity index is 1.57. The average Bonchev–Trinajstić information content (AvgIpc) is 3.03. The first-order chi connectivity index (χ1) is 10.5. The van der Waals surface area contributed by atoms with E-state index < -0.39 is 10.4 Å². The maximum absolute atomic E-state index is 11.9. The van der Waals surface area contributed by atoms with Crippen molar-refractivity contribution in [1.29, 1.82) is 0 Å². The van der Waals surface area contributed by atoms with Crippen LogP contribution in [0.5, 0.6) is 0 Å². The molecule has 22 heavy (non-hydrogen) atoms. The first-order valence-corrected chi connectivity index (χ1v) is 9.22. The number of aliphatic hydroxyl groups is 1. The lowest BCUT2D eigenvalue weighted by atomic mass is 10.1. The number of β-amino-alcohol motifs (C(OH)–C–C–N with tert-alkyl or cyclic N) is 1. The van der Waals surface area contributed by atoms with Crippen molar-refractivity contribution < 1.29 is 18.6 Å². The summed E-state index contributed by atoms with van der Waals surface area (Å²) in [5, 5.41) is 9.66. The zero-order valence-corrected chi connectivity index (χ0v) is 13.2. The zero-order chi connectivity index (χ0) is 15.6. The van der Waals surface area contributed by atoms with Crippen LogP contribution in [-0.2, 0) is 26.0 Å². The van der Waals surface area contributed by atoms with Crippen LogP contribution in [-0.4, -0.2) is 58.2 Å². The van der Waals surface area contributed by atoms with Crippen molar-refractivity contribution in [2.45, 2.75) is 31.2 Å². The van der Waals surface area contributed by atoms with Crippen LogP contribution in [0.1, 0.15) is 12.0 Å². The van der Waals surface area contributed by atoms with E-state index in [1.165, 1.54) is 0 Å². The minimum atomic E-state index is -3.25. The van der Waals surface area contributed by atoms with Crippen molar-refractivity contribution in [3.8, 4) is 0 Å². The largest absolute Gasteiger partial charge is 0.598 e. The number of hydrogen-bond donors (Lipinski definition) is 2. The number of sulfonamides is 1. The molecule has 2 saturated heterocycles. The molecular formula is C15H22N2O4S. The van der Waals surface area contributed by atoms with Gasteiger partial charge in [-0.1, -0.05) is 34.5 Å². The molecule has 2 N–H and O–H groups in total. The SMILES string of the molecule is O=[S+]1([O-])C[C@H](N2CC[C@@H](O)C2)[C@H](COCc2ccccc2)N1. The second-order valence-corrected chi connectivity index (χ2v) is 7.81. The molecule has 1 unspecified atom stereocenters. The molecule has 7 heteroatoms. The molecule has 1 aromatic rings. The fourth-order valence-electron chi connectivity index (χ4n) is 3.15. The highest BCUT2D eigenvalue weighted by atomic mass is 32.3. The third-order valence-electron chi connectivity index (χ3n) is 4.26. The topological polar surface area (TPSA) is 84.9 Å². The van der Waals surface area contributed by atoms with Crippen LogP contribution in [0.3, 0.4) is 0 Å². The lowest BCUT2D eigenvalue weighted by Crippen LogP contribution is -2.46. The Labute approximate surface area is 131 Å². The zero-order valence-electron chi connectivity index (χ0n) is 12.4. The number of likely N-dealkylation sites (tertiary alicyclic amines) is 1. The van der Waals surface area contributed by atoms with Gasteiger partial charge >= 0.3 is 0 Å². The van der Waals surface area contributed by atoms with Gasteiger partial charge in [0.1, 0.15) is 16.2 Å². The smallest absolute Gasteiger partial charge is 0.144 e. The summed E-state index contributed by atoms with van der Waals surface area (Å²) in [6, 6.07) is 9.43. The number of nitrogens with zero attached hydrogens (tertiary/aromatic N) is 1. The number of ether oxygens (including phenoxy) is 1. The first kappa shape index (κ1) is 16.0. The van der Waals surface area contributed by atoms with Crippen LogP contribution < -0.4 is 4.72 Å². The van der Waals surface area contributed by atoms with Crippen LogP contribution >= 0.6 is 0 Å². The van der Waals surface area contributed by atoms with Crippen molar-refractivity contribution in [2.24, 2.45) is 0 Å². The lowest BCUT2D eigenvalue weighted by Gasteiger charge is -2.25. The van der Waals surface area contributed by atoms with Gasteiger partial charge in [0.25, 0.3) is 0 Å². The molecule has 2 heterocycles. The maximum Gasteiger partial charge on any atom is 0.144 e. The van der Waals surface area contributed by atoms with Gasteiger partial charge in [0, 0.05) is 13.1 Å². The van der Waals surface area contributed by atoms with Gasteiger partial charge in [-0.15, -0.1) is 4.72 Å². The molecule has 122 valence electrons. The summed E-state index contributed by atoms with van der Waals surface area (Å²) in [4.78, 5) is 2.05. The molecule has 2 aliphatic rings. The predicted octanol–water partition coefficient (Wildman–Crippen LogP) is 0.155.